The fourth-order valence-corrected chi connectivity index (χ4v) is 2.34. The maximum atomic E-state index is 4.29. The zero-order valence-corrected chi connectivity index (χ0v) is 13.3. The average Bonchev–Trinajstić information content (AvgIpc) is 2.92. The van der Waals surface area contributed by atoms with Gasteiger partial charge in [0.2, 0.25) is 0 Å². The van der Waals surface area contributed by atoms with Crippen LogP contribution in [-0.2, 0) is 6.54 Å². The summed E-state index contributed by atoms with van der Waals surface area (Å²) >= 11 is 0. The number of H-pyrrole nitrogens is 1. The highest BCUT2D eigenvalue weighted by Crippen LogP contribution is 2.19. The summed E-state index contributed by atoms with van der Waals surface area (Å²) in [6.45, 7) is 6.21. The van der Waals surface area contributed by atoms with Gasteiger partial charge in [-0.2, -0.15) is 15.4 Å². The monoisotopic (exact) mass is 287 g/mol. The third-order valence-corrected chi connectivity index (χ3v) is 3.57. The van der Waals surface area contributed by atoms with Gasteiger partial charge in [0.05, 0.1) is 0 Å². The standard InChI is InChI=1S/C16H25N5/c1-12(2)15(11-21(3)4)17-10-14-16(19-20-18-14)13-8-6-5-7-9-13/h5-9,12,15,17H,10-11H2,1-4H3,(H,18,19,20). The first kappa shape index (κ1) is 15.7. The van der Waals surface area contributed by atoms with Gasteiger partial charge in [0.15, 0.2) is 0 Å². The third kappa shape index (κ3) is 4.37. The van der Waals surface area contributed by atoms with Crippen molar-refractivity contribution in [3.63, 3.8) is 0 Å². The summed E-state index contributed by atoms with van der Waals surface area (Å²) in [5, 5.41) is 14.9. The second-order valence-corrected chi connectivity index (χ2v) is 5.98. The van der Waals surface area contributed by atoms with E-state index in [4.69, 9.17) is 0 Å². The Balaban J connectivity index is 2.05. The Kier molecular flexibility index (Phi) is 5.47. The maximum absolute atomic E-state index is 4.29. The van der Waals surface area contributed by atoms with Gasteiger partial charge in [-0.25, -0.2) is 0 Å². The van der Waals surface area contributed by atoms with Gasteiger partial charge in [-0.3, -0.25) is 0 Å². The minimum absolute atomic E-state index is 0.431. The lowest BCUT2D eigenvalue weighted by Gasteiger charge is -2.25. The summed E-state index contributed by atoms with van der Waals surface area (Å²) in [5.41, 5.74) is 2.98. The topological polar surface area (TPSA) is 56.8 Å². The summed E-state index contributed by atoms with van der Waals surface area (Å²) < 4.78 is 0. The van der Waals surface area contributed by atoms with Crippen LogP contribution < -0.4 is 5.32 Å². The molecule has 21 heavy (non-hydrogen) atoms. The van der Waals surface area contributed by atoms with Crippen molar-refractivity contribution in [1.82, 2.24) is 25.6 Å². The van der Waals surface area contributed by atoms with Gasteiger partial charge < -0.3 is 10.2 Å². The van der Waals surface area contributed by atoms with Gasteiger partial charge in [0.1, 0.15) is 11.4 Å². The van der Waals surface area contributed by atoms with E-state index in [1.807, 2.05) is 18.2 Å². The Hall–Kier alpha value is -1.72. The van der Waals surface area contributed by atoms with Crippen LogP contribution in [0.5, 0.6) is 0 Å². The molecule has 2 aromatic rings. The number of nitrogens with zero attached hydrogens (tertiary/aromatic N) is 3. The predicted molar refractivity (Wildman–Crippen MR) is 85.8 cm³/mol. The van der Waals surface area contributed by atoms with E-state index >= 15 is 0 Å². The molecule has 0 aliphatic heterocycles. The van der Waals surface area contributed by atoms with Gasteiger partial charge in [-0.05, 0) is 20.0 Å². The van der Waals surface area contributed by atoms with Crippen LogP contribution in [0.3, 0.4) is 0 Å². The normalized spacial score (nSPS) is 13.0. The van der Waals surface area contributed by atoms with Crippen LogP contribution in [0, 0.1) is 5.92 Å². The number of nitrogens with one attached hydrogen (secondary N) is 2. The fraction of sp³-hybridized carbons (Fsp3) is 0.500. The number of rotatable bonds is 7. The Morgan fingerprint density at radius 2 is 1.86 bits per heavy atom. The SMILES string of the molecule is CC(C)C(CN(C)C)NCc1n[nH]nc1-c1ccccc1. The van der Waals surface area contributed by atoms with Crippen LogP contribution in [0.15, 0.2) is 30.3 Å². The van der Waals surface area contributed by atoms with Crippen LogP contribution in [-0.4, -0.2) is 47.0 Å². The van der Waals surface area contributed by atoms with E-state index in [1.165, 1.54) is 0 Å². The zero-order valence-electron chi connectivity index (χ0n) is 13.3. The highest BCUT2D eigenvalue weighted by atomic mass is 15.3. The number of likely N-dealkylation sites (N-methyl/N-ethyl adjacent to an activating group) is 1. The van der Waals surface area contributed by atoms with Crippen LogP contribution in [0.1, 0.15) is 19.5 Å². The van der Waals surface area contributed by atoms with Gasteiger partial charge in [-0.1, -0.05) is 44.2 Å². The molecule has 1 atom stereocenters. The van der Waals surface area contributed by atoms with E-state index < -0.39 is 0 Å². The average molecular weight is 287 g/mol. The molecule has 0 bridgehead atoms. The van der Waals surface area contributed by atoms with E-state index in [9.17, 15) is 0 Å². The summed E-state index contributed by atoms with van der Waals surface area (Å²) in [5.74, 6) is 0.569. The number of aromatic nitrogens is 3. The summed E-state index contributed by atoms with van der Waals surface area (Å²) in [7, 11) is 4.20. The first-order valence-corrected chi connectivity index (χ1v) is 7.41. The minimum Gasteiger partial charge on any atom is -0.308 e. The highest BCUT2D eigenvalue weighted by molar-refractivity contribution is 5.60. The lowest BCUT2D eigenvalue weighted by atomic mass is 10.0. The van der Waals surface area contributed by atoms with E-state index in [1.54, 1.807) is 0 Å². The molecule has 0 aliphatic carbocycles. The lowest BCUT2D eigenvalue weighted by Crippen LogP contribution is -2.41. The fourth-order valence-electron chi connectivity index (χ4n) is 2.34. The maximum Gasteiger partial charge on any atom is 0.117 e. The molecule has 0 fully saturated rings. The Labute approximate surface area is 126 Å². The second-order valence-electron chi connectivity index (χ2n) is 5.98. The molecular weight excluding hydrogens is 262 g/mol. The number of benzene rings is 1. The van der Waals surface area contributed by atoms with Crippen LogP contribution in [0.25, 0.3) is 11.3 Å². The van der Waals surface area contributed by atoms with Gasteiger partial charge in [-0.15, -0.1) is 0 Å². The Morgan fingerprint density at radius 1 is 1.14 bits per heavy atom. The quantitative estimate of drug-likeness (QED) is 0.819. The zero-order chi connectivity index (χ0) is 15.2. The molecule has 1 aromatic carbocycles. The van der Waals surface area contributed by atoms with Crippen molar-refractivity contribution < 1.29 is 0 Å². The summed E-state index contributed by atoms with van der Waals surface area (Å²) in [4.78, 5) is 2.21. The first-order valence-electron chi connectivity index (χ1n) is 7.41. The highest BCUT2D eigenvalue weighted by Gasteiger charge is 2.16. The molecule has 2 rings (SSSR count). The molecule has 1 unspecified atom stereocenters. The van der Waals surface area contributed by atoms with Crippen molar-refractivity contribution in [2.24, 2.45) is 5.92 Å². The van der Waals surface area contributed by atoms with E-state index in [0.717, 1.165) is 30.0 Å². The van der Waals surface area contributed by atoms with E-state index in [-0.39, 0.29) is 0 Å². The van der Waals surface area contributed by atoms with E-state index in [2.05, 4.69) is 65.7 Å². The molecule has 1 aromatic heterocycles. The summed E-state index contributed by atoms with van der Waals surface area (Å²) in [6.07, 6.45) is 0. The molecule has 1 heterocycles. The number of hydrogen-bond acceptors (Lipinski definition) is 4. The molecule has 5 heteroatoms. The molecule has 0 saturated carbocycles. The Morgan fingerprint density at radius 3 is 2.48 bits per heavy atom. The largest absolute Gasteiger partial charge is 0.308 e. The molecule has 5 nitrogen and oxygen atoms in total. The molecule has 0 spiro atoms. The van der Waals surface area contributed by atoms with Gasteiger partial charge >= 0.3 is 0 Å². The molecule has 0 saturated heterocycles. The molecule has 0 amide bonds. The van der Waals surface area contributed by atoms with Crippen molar-refractivity contribution in [2.45, 2.75) is 26.4 Å². The van der Waals surface area contributed by atoms with Crippen LogP contribution >= 0.6 is 0 Å². The first-order chi connectivity index (χ1) is 10.1. The minimum atomic E-state index is 0.431. The van der Waals surface area contributed by atoms with Gasteiger partial charge in [0.25, 0.3) is 0 Å². The predicted octanol–water partition coefficient (Wildman–Crippen LogP) is 2.15. The number of hydrogen-bond donors (Lipinski definition) is 2. The van der Waals surface area contributed by atoms with E-state index in [0.29, 0.717) is 12.0 Å². The van der Waals surface area contributed by atoms with Gasteiger partial charge in [0, 0.05) is 24.7 Å². The molecule has 2 N–H and O–H groups in total. The molecule has 0 aliphatic rings. The van der Waals surface area contributed by atoms with Crippen molar-refractivity contribution in [2.75, 3.05) is 20.6 Å². The Bertz CT molecular complexity index is 533. The molecule has 114 valence electrons. The smallest absolute Gasteiger partial charge is 0.117 e. The van der Waals surface area contributed by atoms with Crippen molar-refractivity contribution in [3.05, 3.63) is 36.0 Å². The third-order valence-electron chi connectivity index (χ3n) is 3.57. The molecule has 0 radical (unpaired) electrons. The number of aromatic amines is 1. The van der Waals surface area contributed by atoms with Crippen molar-refractivity contribution in [3.8, 4) is 11.3 Å². The lowest BCUT2D eigenvalue weighted by molar-refractivity contribution is 0.287. The van der Waals surface area contributed by atoms with Crippen LogP contribution in [0.4, 0.5) is 0 Å². The molecular formula is C16H25N5. The second kappa shape index (κ2) is 7.33. The van der Waals surface area contributed by atoms with Crippen molar-refractivity contribution >= 4 is 0 Å². The van der Waals surface area contributed by atoms with Crippen molar-refractivity contribution in [1.29, 1.82) is 0 Å². The van der Waals surface area contributed by atoms with Crippen LogP contribution in [0.2, 0.25) is 0 Å². The summed E-state index contributed by atoms with van der Waals surface area (Å²) in [6, 6.07) is 10.6.